The summed E-state index contributed by atoms with van der Waals surface area (Å²) in [6, 6.07) is 8.84. The predicted octanol–water partition coefficient (Wildman–Crippen LogP) is 4.38. The van der Waals surface area contributed by atoms with E-state index in [1.807, 2.05) is 5.38 Å². The lowest BCUT2D eigenvalue weighted by Crippen LogP contribution is -1.96. The molecular formula is C13H7ClO2S. The second-order valence-electron chi connectivity index (χ2n) is 3.60. The van der Waals surface area contributed by atoms with E-state index in [4.69, 9.17) is 16.0 Å². The summed E-state index contributed by atoms with van der Waals surface area (Å²) in [4.78, 5) is 12.1. The summed E-state index contributed by atoms with van der Waals surface area (Å²) in [5.74, 6) is 0.213. The Balaban J connectivity index is 2.13. The van der Waals surface area contributed by atoms with E-state index in [1.54, 1.807) is 35.7 Å². The van der Waals surface area contributed by atoms with E-state index < -0.39 is 0 Å². The third-order valence-corrected chi connectivity index (χ3v) is 3.53. The molecule has 4 heteroatoms. The largest absolute Gasteiger partial charge is 0.453 e. The predicted molar refractivity (Wildman–Crippen MR) is 69.0 cm³/mol. The maximum Gasteiger partial charge on any atom is 0.229 e. The van der Waals surface area contributed by atoms with Gasteiger partial charge in [-0.1, -0.05) is 17.7 Å². The molecule has 2 nitrogen and oxygen atoms in total. The monoisotopic (exact) mass is 262 g/mol. The highest BCUT2D eigenvalue weighted by atomic mass is 35.5. The van der Waals surface area contributed by atoms with Crippen LogP contribution >= 0.6 is 22.9 Å². The molecule has 1 aromatic carbocycles. The number of hydrogen-bond donors (Lipinski definition) is 0. The van der Waals surface area contributed by atoms with E-state index in [2.05, 4.69) is 0 Å². The molecule has 17 heavy (non-hydrogen) atoms. The molecule has 0 radical (unpaired) electrons. The molecular weight excluding hydrogens is 256 g/mol. The second kappa shape index (κ2) is 4.02. The fourth-order valence-electron chi connectivity index (χ4n) is 1.67. The van der Waals surface area contributed by atoms with Crippen LogP contribution < -0.4 is 0 Å². The first-order valence-corrected chi connectivity index (χ1v) is 6.33. The molecule has 2 heterocycles. The highest BCUT2D eigenvalue weighted by Gasteiger charge is 2.15. The molecule has 84 valence electrons. The Kier molecular flexibility index (Phi) is 2.50. The number of thiophene rings is 1. The fraction of sp³-hybridized carbons (Fsp3) is 0. The van der Waals surface area contributed by atoms with Crippen LogP contribution in [0.3, 0.4) is 0 Å². The summed E-state index contributed by atoms with van der Waals surface area (Å²) in [7, 11) is 0. The van der Waals surface area contributed by atoms with Gasteiger partial charge in [-0.2, -0.15) is 11.3 Å². The van der Waals surface area contributed by atoms with Crippen molar-refractivity contribution in [1.29, 1.82) is 0 Å². The number of furan rings is 1. The Morgan fingerprint density at radius 2 is 2.18 bits per heavy atom. The minimum Gasteiger partial charge on any atom is -0.453 e. The van der Waals surface area contributed by atoms with Crippen LogP contribution in [0.2, 0.25) is 5.02 Å². The third kappa shape index (κ3) is 1.77. The van der Waals surface area contributed by atoms with Crippen molar-refractivity contribution in [1.82, 2.24) is 0 Å². The lowest BCUT2D eigenvalue weighted by molar-refractivity contribution is 0.101. The zero-order chi connectivity index (χ0) is 11.8. The Bertz CT molecular complexity index is 683. The van der Waals surface area contributed by atoms with Gasteiger partial charge in [0.15, 0.2) is 5.76 Å². The average molecular weight is 263 g/mol. The lowest BCUT2D eigenvalue weighted by Gasteiger charge is -1.90. The van der Waals surface area contributed by atoms with E-state index in [0.717, 1.165) is 5.39 Å². The van der Waals surface area contributed by atoms with Crippen LogP contribution in [0.1, 0.15) is 16.1 Å². The van der Waals surface area contributed by atoms with Crippen molar-refractivity contribution in [2.45, 2.75) is 0 Å². The SMILES string of the molecule is O=C(c1ccsc1)c1cc2c(Cl)cccc2o1. The van der Waals surface area contributed by atoms with Crippen LogP contribution in [-0.4, -0.2) is 5.78 Å². The van der Waals surface area contributed by atoms with Gasteiger partial charge in [0.05, 0.1) is 5.02 Å². The fourth-order valence-corrected chi connectivity index (χ4v) is 2.53. The molecule has 0 fully saturated rings. The molecule has 2 aromatic heterocycles. The number of carbonyl (C=O) groups excluding carboxylic acids is 1. The summed E-state index contributed by atoms with van der Waals surface area (Å²) < 4.78 is 5.51. The van der Waals surface area contributed by atoms with E-state index in [0.29, 0.717) is 21.9 Å². The maximum atomic E-state index is 12.1. The minimum absolute atomic E-state index is 0.112. The molecule has 0 spiro atoms. The maximum absolute atomic E-state index is 12.1. The topological polar surface area (TPSA) is 30.2 Å². The number of hydrogen-bond acceptors (Lipinski definition) is 3. The summed E-state index contributed by atoms with van der Waals surface area (Å²) in [6.45, 7) is 0. The molecule has 0 bridgehead atoms. The molecule has 3 rings (SSSR count). The van der Waals surface area contributed by atoms with E-state index in [1.165, 1.54) is 11.3 Å². The first kappa shape index (κ1) is 10.6. The van der Waals surface area contributed by atoms with Gasteiger partial charge in [0.25, 0.3) is 0 Å². The minimum atomic E-state index is -0.112. The van der Waals surface area contributed by atoms with Crippen LogP contribution in [0.5, 0.6) is 0 Å². The van der Waals surface area contributed by atoms with Crippen LogP contribution in [-0.2, 0) is 0 Å². The standard InChI is InChI=1S/C13H7ClO2S/c14-10-2-1-3-11-9(10)6-12(16-11)13(15)8-4-5-17-7-8/h1-7H. The Morgan fingerprint density at radius 1 is 1.29 bits per heavy atom. The van der Waals surface area contributed by atoms with Crippen molar-refractivity contribution in [3.63, 3.8) is 0 Å². The van der Waals surface area contributed by atoms with Crippen molar-refractivity contribution >= 4 is 39.7 Å². The molecule has 0 aliphatic rings. The molecule has 0 saturated heterocycles. The van der Waals surface area contributed by atoms with Gasteiger partial charge in [0.1, 0.15) is 5.58 Å². The summed E-state index contributed by atoms with van der Waals surface area (Å²) in [6.07, 6.45) is 0. The van der Waals surface area contributed by atoms with Crippen molar-refractivity contribution in [3.05, 3.63) is 57.4 Å². The van der Waals surface area contributed by atoms with Crippen molar-refractivity contribution < 1.29 is 9.21 Å². The van der Waals surface area contributed by atoms with Gasteiger partial charge >= 0.3 is 0 Å². The molecule has 0 saturated carbocycles. The van der Waals surface area contributed by atoms with Crippen LogP contribution in [0, 0.1) is 0 Å². The molecule has 0 amide bonds. The van der Waals surface area contributed by atoms with Gasteiger partial charge < -0.3 is 4.42 Å². The smallest absolute Gasteiger partial charge is 0.229 e. The Labute approximate surface area is 106 Å². The summed E-state index contributed by atoms with van der Waals surface area (Å²) in [5.41, 5.74) is 1.28. The summed E-state index contributed by atoms with van der Waals surface area (Å²) >= 11 is 7.51. The van der Waals surface area contributed by atoms with Crippen LogP contribution in [0.4, 0.5) is 0 Å². The first-order chi connectivity index (χ1) is 8.25. The number of rotatable bonds is 2. The van der Waals surface area contributed by atoms with Gasteiger partial charge in [0, 0.05) is 16.3 Å². The average Bonchev–Trinajstić information content (AvgIpc) is 2.98. The molecule has 0 aliphatic heterocycles. The highest BCUT2D eigenvalue weighted by Crippen LogP contribution is 2.27. The Hall–Kier alpha value is -1.58. The lowest BCUT2D eigenvalue weighted by atomic mass is 10.1. The quantitative estimate of drug-likeness (QED) is 0.642. The Morgan fingerprint density at radius 3 is 2.88 bits per heavy atom. The normalized spacial score (nSPS) is 10.9. The van der Waals surface area contributed by atoms with E-state index in [-0.39, 0.29) is 5.78 Å². The van der Waals surface area contributed by atoms with Crippen LogP contribution in [0.25, 0.3) is 11.0 Å². The van der Waals surface area contributed by atoms with Gasteiger partial charge in [-0.05, 0) is 29.6 Å². The van der Waals surface area contributed by atoms with Gasteiger partial charge in [0.2, 0.25) is 5.78 Å². The molecule has 0 N–H and O–H groups in total. The van der Waals surface area contributed by atoms with Crippen molar-refractivity contribution in [2.24, 2.45) is 0 Å². The van der Waals surface area contributed by atoms with Gasteiger partial charge in [-0.25, -0.2) is 0 Å². The molecule has 0 aliphatic carbocycles. The zero-order valence-electron chi connectivity index (χ0n) is 8.64. The van der Waals surface area contributed by atoms with Gasteiger partial charge in [-0.3, -0.25) is 4.79 Å². The molecule has 0 unspecified atom stereocenters. The number of benzene rings is 1. The van der Waals surface area contributed by atoms with E-state index in [9.17, 15) is 4.79 Å². The van der Waals surface area contributed by atoms with E-state index >= 15 is 0 Å². The summed E-state index contributed by atoms with van der Waals surface area (Å²) in [5, 5.41) is 5.03. The molecule has 3 aromatic rings. The highest BCUT2D eigenvalue weighted by molar-refractivity contribution is 7.08. The third-order valence-electron chi connectivity index (χ3n) is 2.52. The zero-order valence-corrected chi connectivity index (χ0v) is 10.2. The van der Waals surface area contributed by atoms with Crippen molar-refractivity contribution in [3.8, 4) is 0 Å². The molecule has 0 atom stereocenters. The van der Waals surface area contributed by atoms with Crippen molar-refractivity contribution in [2.75, 3.05) is 0 Å². The van der Waals surface area contributed by atoms with Crippen LogP contribution in [0.15, 0.2) is 45.5 Å². The number of carbonyl (C=O) groups is 1. The second-order valence-corrected chi connectivity index (χ2v) is 4.79. The van der Waals surface area contributed by atoms with Gasteiger partial charge in [-0.15, -0.1) is 0 Å². The number of halogens is 1. The number of ketones is 1. The number of fused-ring (bicyclic) bond motifs is 1. The first-order valence-electron chi connectivity index (χ1n) is 5.00.